The fourth-order valence-corrected chi connectivity index (χ4v) is 2.77. The van der Waals surface area contributed by atoms with Crippen LogP contribution in [0.5, 0.6) is 0 Å². The quantitative estimate of drug-likeness (QED) is 0.850. The highest BCUT2D eigenvalue weighted by atomic mass is 15.1. The molecule has 2 atom stereocenters. The van der Waals surface area contributed by atoms with E-state index in [9.17, 15) is 0 Å². The Morgan fingerprint density at radius 2 is 2.25 bits per heavy atom. The lowest BCUT2D eigenvalue weighted by Gasteiger charge is -2.31. The van der Waals surface area contributed by atoms with Crippen LogP contribution in [0.1, 0.15) is 50.0 Å². The average Bonchev–Trinajstić information content (AvgIpc) is 2.61. The summed E-state index contributed by atoms with van der Waals surface area (Å²) in [4.78, 5) is 4.40. The average molecular weight is 221 g/mol. The predicted octanol–water partition coefficient (Wildman–Crippen LogP) is 2.59. The summed E-state index contributed by atoms with van der Waals surface area (Å²) in [6, 6.07) is 1.35. The van der Waals surface area contributed by atoms with Gasteiger partial charge in [0, 0.05) is 17.8 Å². The molecule has 0 saturated heterocycles. The van der Waals surface area contributed by atoms with Crippen LogP contribution in [-0.4, -0.2) is 22.1 Å². The lowest BCUT2D eigenvalue weighted by molar-refractivity contribution is 0.285. The molecule has 1 aliphatic carbocycles. The van der Waals surface area contributed by atoms with Gasteiger partial charge in [0.25, 0.3) is 0 Å². The topological polar surface area (TPSA) is 29.9 Å². The van der Waals surface area contributed by atoms with E-state index < -0.39 is 0 Å². The molecule has 16 heavy (non-hydrogen) atoms. The molecule has 0 radical (unpaired) electrons. The Morgan fingerprint density at radius 1 is 1.44 bits per heavy atom. The number of nitrogens with one attached hydrogen (secondary N) is 1. The van der Waals surface area contributed by atoms with Gasteiger partial charge in [-0.3, -0.25) is 0 Å². The van der Waals surface area contributed by atoms with Crippen LogP contribution in [0.4, 0.5) is 0 Å². The molecule has 0 amide bonds. The van der Waals surface area contributed by atoms with Crippen molar-refractivity contribution in [2.45, 2.75) is 58.5 Å². The zero-order valence-electron chi connectivity index (χ0n) is 10.7. The molecule has 0 spiro atoms. The maximum atomic E-state index is 4.40. The fourth-order valence-electron chi connectivity index (χ4n) is 2.77. The third-order valence-corrected chi connectivity index (χ3v) is 3.82. The van der Waals surface area contributed by atoms with Gasteiger partial charge in [-0.2, -0.15) is 0 Å². The summed E-state index contributed by atoms with van der Waals surface area (Å²) in [5.74, 6) is 0. The largest absolute Gasteiger partial charge is 0.332 e. The van der Waals surface area contributed by atoms with Gasteiger partial charge in [0.1, 0.15) is 0 Å². The second-order valence-electron chi connectivity index (χ2n) is 4.90. The van der Waals surface area contributed by atoms with Crippen LogP contribution in [0.15, 0.2) is 6.33 Å². The highest BCUT2D eigenvalue weighted by molar-refractivity contribution is 5.10. The summed E-state index contributed by atoms with van der Waals surface area (Å²) in [5.41, 5.74) is 2.51. The molecular weight excluding hydrogens is 198 g/mol. The molecule has 1 aliphatic rings. The molecule has 1 fully saturated rings. The van der Waals surface area contributed by atoms with Crippen molar-refractivity contribution in [1.29, 1.82) is 0 Å². The van der Waals surface area contributed by atoms with Crippen molar-refractivity contribution in [3.63, 3.8) is 0 Å². The van der Waals surface area contributed by atoms with E-state index in [2.05, 4.69) is 35.6 Å². The minimum atomic E-state index is 0.652. The Labute approximate surface area is 98.3 Å². The molecule has 0 bridgehead atoms. The Hall–Kier alpha value is -0.830. The Balaban J connectivity index is 2.06. The Kier molecular flexibility index (Phi) is 3.64. The molecular formula is C13H23N3. The molecule has 0 aliphatic heterocycles. The van der Waals surface area contributed by atoms with Gasteiger partial charge in [0.15, 0.2) is 0 Å². The van der Waals surface area contributed by atoms with Crippen molar-refractivity contribution in [2.24, 2.45) is 0 Å². The van der Waals surface area contributed by atoms with E-state index >= 15 is 0 Å². The first kappa shape index (κ1) is 11.6. The van der Waals surface area contributed by atoms with Crippen LogP contribution < -0.4 is 5.32 Å². The van der Waals surface area contributed by atoms with Gasteiger partial charge in [-0.25, -0.2) is 4.98 Å². The third-order valence-electron chi connectivity index (χ3n) is 3.82. The zero-order chi connectivity index (χ0) is 11.5. The van der Waals surface area contributed by atoms with Crippen LogP contribution in [0, 0.1) is 13.8 Å². The van der Waals surface area contributed by atoms with Crippen molar-refractivity contribution in [3.8, 4) is 0 Å². The van der Waals surface area contributed by atoms with Crippen LogP contribution in [0.3, 0.4) is 0 Å². The summed E-state index contributed by atoms with van der Waals surface area (Å²) in [5, 5.41) is 3.58. The SMILES string of the molecule is CCNC1CCCC(n2cnc(C)c2C)C1. The molecule has 1 aromatic heterocycles. The van der Waals surface area contributed by atoms with E-state index in [1.54, 1.807) is 0 Å². The lowest BCUT2D eigenvalue weighted by Crippen LogP contribution is -2.34. The van der Waals surface area contributed by atoms with Crippen molar-refractivity contribution in [1.82, 2.24) is 14.9 Å². The maximum Gasteiger partial charge on any atom is 0.0954 e. The number of imidazole rings is 1. The summed E-state index contributed by atoms with van der Waals surface area (Å²) >= 11 is 0. The predicted molar refractivity (Wildman–Crippen MR) is 66.7 cm³/mol. The number of rotatable bonds is 3. The molecule has 3 heteroatoms. The van der Waals surface area contributed by atoms with Gasteiger partial charge in [-0.1, -0.05) is 6.92 Å². The van der Waals surface area contributed by atoms with Crippen molar-refractivity contribution < 1.29 is 0 Å². The second-order valence-corrected chi connectivity index (χ2v) is 4.90. The first-order valence-electron chi connectivity index (χ1n) is 6.45. The van der Waals surface area contributed by atoms with Gasteiger partial charge in [0.2, 0.25) is 0 Å². The molecule has 1 N–H and O–H groups in total. The first-order chi connectivity index (χ1) is 7.72. The molecule has 3 nitrogen and oxygen atoms in total. The molecule has 0 aromatic carbocycles. The molecule has 2 rings (SSSR count). The van der Waals surface area contributed by atoms with Crippen molar-refractivity contribution in [2.75, 3.05) is 6.54 Å². The Morgan fingerprint density at radius 3 is 2.88 bits per heavy atom. The van der Waals surface area contributed by atoms with E-state index in [1.165, 1.54) is 37.1 Å². The third kappa shape index (κ3) is 2.29. The number of nitrogens with zero attached hydrogens (tertiary/aromatic N) is 2. The monoisotopic (exact) mass is 221 g/mol. The van der Waals surface area contributed by atoms with Gasteiger partial charge in [-0.05, 0) is 46.1 Å². The number of hydrogen-bond donors (Lipinski definition) is 1. The van der Waals surface area contributed by atoms with Crippen LogP contribution >= 0.6 is 0 Å². The number of aromatic nitrogens is 2. The van der Waals surface area contributed by atoms with E-state index in [0.717, 1.165) is 6.54 Å². The smallest absolute Gasteiger partial charge is 0.0954 e. The highest BCUT2D eigenvalue weighted by Crippen LogP contribution is 2.29. The first-order valence-corrected chi connectivity index (χ1v) is 6.45. The van der Waals surface area contributed by atoms with E-state index in [0.29, 0.717) is 12.1 Å². The normalized spacial score (nSPS) is 25.9. The highest BCUT2D eigenvalue weighted by Gasteiger charge is 2.23. The standard InChI is InChI=1S/C13H23N3/c1-4-14-12-6-5-7-13(8-12)16-9-15-10(2)11(16)3/h9,12-14H,4-8H2,1-3H3. The summed E-state index contributed by atoms with van der Waals surface area (Å²) in [7, 11) is 0. The number of hydrogen-bond acceptors (Lipinski definition) is 2. The molecule has 90 valence electrons. The summed E-state index contributed by atoms with van der Waals surface area (Å²) in [6.45, 7) is 7.55. The van der Waals surface area contributed by atoms with Gasteiger partial charge in [-0.15, -0.1) is 0 Å². The van der Waals surface area contributed by atoms with Gasteiger partial charge in [0.05, 0.1) is 12.0 Å². The second kappa shape index (κ2) is 5.00. The van der Waals surface area contributed by atoms with E-state index in [-0.39, 0.29) is 0 Å². The van der Waals surface area contributed by atoms with Crippen LogP contribution in [0.25, 0.3) is 0 Å². The molecule has 1 saturated carbocycles. The summed E-state index contributed by atoms with van der Waals surface area (Å²) in [6.07, 6.45) is 7.24. The Bertz CT molecular complexity index is 341. The minimum Gasteiger partial charge on any atom is -0.332 e. The van der Waals surface area contributed by atoms with Crippen LogP contribution in [-0.2, 0) is 0 Å². The van der Waals surface area contributed by atoms with Crippen molar-refractivity contribution >= 4 is 0 Å². The molecule has 2 unspecified atom stereocenters. The molecule has 1 aromatic rings. The molecule has 1 heterocycles. The van der Waals surface area contributed by atoms with Gasteiger partial charge >= 0.3 is 0 Å². The maximum absolute atomic E-state index is 4.40. The lowest BCUT2D eigenvalue weighted by atomic mass is 9.90. The minimum absolute atomic E-state index is 0.652. The van der Waals surface area contributed by atoms with E-state index in [1.807, 2.05) is 6.33 Å². The van der Waals surface area contributed by atoms with E-state index in [4.69, 9.17) is 0 Å². The van der Waals surface area contributed by atoms with Crippen LogP contribution in [0.2, 0.25) is 0 Å². The zero-order valence-corrected chi connectivity index (χ0v) is 10.7. The fraction of sp³-hybridized carbons (Fsp3) is 0.769. The summed E-state index contributed by atoms with van der Waals surface area (Å²) < 4.78 is 2.37. The number of aryl methyl sites for hydroxylation is 1. The van der Waals surface area contributed by atoms with Gasteiger partial charge < -0.3 is 9.88 Å². The van der Waals surface area contributed by atoms with Crippen molar-refractivity contribution in [3.05, 3.63) is 17.7 Å².